The van der Waals surface area contributed by atoms with Crippen LogP contribution in [0.15, 0.2) is 47.5 Å². The fourth-order valence-electron chi connectivity index (χ4n) is 3.66. The molecule has 4 rings (SSSR count). The maximum Gasteiger partial charge on any atom is 0.252 e. The molecule has 30 heavy (non-hydrogen) atoms. The number of nitrogens with zero attached hydrogens (tertiary/aromatic N) is 2. The van der Waals surface area contributed by atoms with Crippen LogP contribution in [0.3, 0.4) is 0 Å². The van der Waals surface area contributed by atoms with Crippen molar-refractivity contribution in [3.8, 4) is 5.75 Å². The Bertz CT molecular complexity index is 1140. The Kier molecular flexibility index (Phi) is 5.78. The molecule has 0 spiro atoms. The summed E-state index contributed by atoms with van der Waals surface area (Å²) in [6.45, 7) is 0. The maximum atomic E-state index is 13.7. The number of methoxy groups -OCH3 is 1. The number of ether oxygens (including phenoxy) is 1. The second-order valence-electron chi connectivity index (χ2n) is 7.05. The predicted octanol–water partition coefficient (Wildman–Crippen LogP) is 3.33. The monoisotopic (exact) mass is 468 g/mol. The lowest BCUT2D eigenvalue weighted by atomic mass is 10.1. The van der Waals surface area contributed by atoms with Crippen molar-refractivity contribution in [2.75, 3.05) is 23.5 Å². The molecule has 0 aliphatic carbocycles. The third-order valence-electron chi connectivity index (χ3n) is 5.00. The number of para-hydroxylation sites is 1. The van der Waals surface area contributed by atoms with Gasteiger partial charge in [0.05, 0.1) is 36.1 Å². The van der Waals surface area contributed by atoms with Gasteiger partial charge in [0.2, 0.25) is 0 Å². The molecule has 0 radical (unpaired) electrons. The van der Waals surface area contributed by atoms with Gasteiger partial charge in [-0.2, -0.15) is 4.99 Å². The van der Waals surface area contributed by atoms with Crippen molar-refractivity contribution < 1.29 is 22.3 Å². The summed E-state index contributed by atoms with van der Waals surface area (Å²) in [5, 5.41) is 0.0561. The van der Waals surface area contributed by atoms with E-state index in [0.717, 1.165) is 0 Å². The van der Waals surface area contributed by atoms with Crippen LogP contribution in [0.5, 0.6) is 5.75 Å². The van der Waals surface area contributed by atoms with Crippen LogP contribution in [0.2, 0.25) is 5.02 Å². The fraction of sp³-hybridized carbons (Fsp3) is 0.300. The van der Waals surface area contributed by atoms with Gasteiger partial charge in [0.25, 0.3) is 5.91 Å². The van der Waals surface area contributed by atoms with Crippen LogP contribution in [0.25, 0.3) is 0 Å². The smallest absolute Gasteiger partial charge is 0.252 e. The molecular weight excluding hydrogens is 451 g/mol. The second-order valence-corrected chi connectivity index (χ2v) is 10.8. The average molecular weight is 469 g/mol. The third kappa shape index (κ3) is 4.19. The van der Waals surface area contributed by atoms with Gasteiger partial charge in [-0.3, -0.25) is 4.79 Å². The molecule has 2 atom stereocenters. The zero-order valence-corrected chi connectivity index (χ0v) is 18.3. The average Bonchev–Trinajstić information content (AvgIpc) is 3.15. The highest BCUT2D eigenvalue weighted by atomic mass is 35.5. The number of carbonyl (C=O) groups excluding carboxylic acids is 1. The van der Waals surface area contributed by atoms with E-state index in [2.05, 4.69) is 4.99 Å². The Labute approximate surface area is 183 Å². The summed E-state index contributed by atoms with van der Waals surface area (Å²) in [6, 6.07) is 10.9. The third-order valence-corrected chi connectivity index (χ3v) is 8.50. The number of aliphatic imine (C=N–C) groups is 1. The first-order chi connectivity index (χ1) is 14.3. The number of sulfone groups is 1. The quantitative estimate of drug-likeness (QED) is 0.685. The highest BCUT2D eigenvalue weighted by Gasteiger charge is 2.49. The van der Waals surface area contributed by atoms with E-state index in [-0.39, 0.29) is 40.1 Å². The van der Waals surface area contributed by atoms with Crippen molar-refractivity contribution in [1.82, 2.24) is 0 Å². The molecular formula is C20H18ClFN2O4S2. The number of amides is 1. The van der Waals surface area contributed by atoms with Gasteiger partial charge in [-0.15, -0.1) is 0 Å². The number of rotatable bonds is 4. The summed E-state index contributed by atoms with van der Waals surface area (Å²) in [5.74, 6) is -0.417. The van der Waals surface area contributed by atoms with Gasteiger partial charge in [-0.1, -0.05) is 41.6 Å². The number of amidine groups is 1. The minimum atomic E-state index is -3.20. The topological polar surface area (TPSA) is 76.0 Å². The van der Waals surface area contributed by atoms with E-state index in [1.165, 1.54) is 37.1 Å². The van der Waals surface area contributed by atoms with E-state index < -0.39 is 15.7 Å². The zero-order valence-electron chi connectivity index (χ0n) is 15.9. The molecule has 2 aromatic rings. The van der Waals surface area contributed by atoms with E-state index >= 15 is 0 Å². The predicted molar refractivity (Wildman–Crippen MR) is 117 cm³/mol. The van der Waals surface area contributed by atoms with Crippen LogP contribution in [-0.2, 0) is 21.1 Å². The highest BCUT2D eigenvalue weighted by Crippen LogP contribution is 2.41. The summed E-state index contributed by atoms with van der Waals surface area (Å²) in [7, 11) is -1.67. The maximum absolute atomic E-state index is 13.7. The van der Waals surface area contributed by atoms with Gasteiger partial charge in [-0.25, -0.2) is 12.8 Å². The first kappa shape index (κ1) is 21.1. The van der Waals surface area contributed by atoms with E-state index in [1.807, 2.05) is 12.1 Å². The molecule has 0 bridgehead atoms. The van der Waals surface area contributed by atoms with Crippen LogP contribution in [-0.4, -0.2) is 49.4 Å². The molecule has 1 amide bonds. The standard InChI is InChI=1S/C20H18ClFN2O4S2/c1-28-17-5-3-2-4-12(17)8-19(25)23-20-24(13-6-7-15(22)14(21)9-13)16-10-30(26,27)11-18(16)29-20/h2-7,9,16,18H,8,10-11H2,1H3/t16-,18-/m0/s1. The van der Waals surface area contributed by atoms with Gasteiger partial charge in [0, 0.05) is 16.5 Å². The molecule has 2 aliphatic heterocycles. The first-order valence-corrected chi connectivity index (χ1v) is 12.2. The number of hydrogen-bond acceptors (Lipinski definition) is 5. The molecule has 10 heteroatoms. The molecule has 6 nitrogen and oxygen atoms in total. The van der Waals surface area contributed by atoms with Gasteiger partial charge in [0.1, 0.15) is 11.6 Å². The number of halogens is 2. The van der Waals surface area contributed by atoms with Crippen molar-refractivity contribution in [1.29, 1.82) is 0 Å². The summed E-state index contributed by atoms with van der Waals surface area (Å²) in [4.78, 5) is 18.6. The van der Waals surface area contributed by atoms with Gasteiger partial charge < -0.3 is 9.64 Å². The molecule has 2 heterocycles. The number of hydrogen-bond donors (Lipinski definition) is 0. The van der Waals surface area contributed by atoms with Crippen LogP contribution in [0.4, 0.5) is 10.1 Å². The molecule has 2 aliphatic rings. The van der Waals surface area contributed by atoms with E-state index in [9.17, 15) is 17.6 Å². The van der Waals surface area contributed by atoms with Crippen molar-refractivity contribution in [2.24, 2.45) is 4.99 Å². The second kappa shape index (κ2) is 8.20. The van der Waals surface area contributed by atoms with Crippen LogP contribution < -0.4 is 9.64 Å². The van der Waals surface area contributed by atoms with Crippen molar-refractivity contribution >= 4 is 50.0 Å². The lowest BCUT2D eigenvalue weighted by Crippen LogP contribution is -2.37. The Hall–Kier alpha value is -2.10. The Morgan fingerprint density at radius 2 is 2.07 bits per heavy atom. The molecule has 0 N–H and O–H groups in total. The summed E-state index contributed by atoms with van der Waals surface area (Å²) >= 11 is 7.19. The molecule has 158 valence electrons. The first-order valence-electron chi connectivity index (χ1n) is 9.12. The Morgan fingerprint density at radius 1 is 1.30 bits per heavy atom. The van der Waals surface area contributed by atoms with Gasteiger partial charge in [0.15, 0.2) is 15.0 Å². The minimum Gasteiger partial charge on any atom is -0.496 e. The molecule has 2 fully saturated rings. The van der Waals surface area contributed by atoms with E-state index in [4.69, 9.17) is 16.3 Å². The highest BCUT2D eigenvalue weighted by molar-refractivity contribution is 8.16. The molecule has 2 saturated heterocycles. The fourth-order valence-corrected chi connectivity index (χ4v) is 7.77. The normalized spacial score (nSPS) is 23.6. The number of benzene rings is 2. The largest absolute Gasteiger partial charge is 0.496 e. The summed E-state index contributed by atoms with van der Waals surface area (Å²) < 4.78 is 43.2. The summed E-state index contributed by atoms with van der Waals surface area (Å²) in [6.07, 6.45) is 0.0414. The van der Waals surface area contributed by atoms with E-state index in [1.54, 1.807) is 17.0 Å². The summed E-state index contributed by atoms with van der Waals surface area (Å²) in [5.41, 5.74) is 1.21. The van der Waals surface area contributed by atoms with E-state index in [0.29, 0.717) is 22.2 Å². The van der Waals surface area contributed by atoms with Crippen molar-refractivity contribution in [3.05, 3.63) is 58.9 Å². The number of thioether (sulfide) groups is 1. The molecule has 0 saturated carbocycles. The molecule has 0 unspecified atom stereocenters. The molecule has 2 aromatic carbocycles. The lowest BCUT2D eigenvalue weighted by Gasteiger charge is -2.24. The number of fused-ring (bicyclic) bond motifs is 1. The number of carbonyl (C=O) groups is 1. The van der Waals surface area contributed by atoms with Crippen molar-refractivity contribution in [2.45, 2.75) is 17.7 Å². The minimum absolute atomic E-state index is 0.00742. The van der Waals surface area contributed by atoms with Gasteiger partial charge in [-0.05, 0) is 24.3 Å². The van der Waals surface area contributed by atoms with Crippen LogP contribution in [0, 0.1) is 5.82 Å². The van der Waals surface area contributed by atoms with Gasteiger partial charge >= 0.3 is 0 Å². The zero-order chi connectivity index (χ0) is 21.5. The Morgan fingerprint density at radius 3 is 2.80 bits per heavy atom. The van der Waals surface area contributed by atoms with Crippen LogP contribution >= 0.6 is 23.4 Å². The lowest BCUT2D eigenvalue weighted by molar-refractivity contribution is -0.117. The number of anilines is 1. The van der Waals surface area contributed by atoms with Crippen LogP contribution in [0.1, 0.15) is 5.56 Å². The van der Waals surface area contributed by atoms with Crippen molar-refractivity contribution in [3.63, 3.8) is 0 Å². The molecule has 0 aromatic heterocycles. The SMILES string of the molecule is COc1ccccc1CC(=O)N=C1S[C@H]2CS(=O)(=O)C[C@@H]2N1c1ccc(F)c(Cl)c1. The Balaban J connectivity index is 1.66.